The summed E-state index contributed by atoms with van der Waals surface area (Å²) in [7, 11) is 0. The third-order valence-corrected chi connectivity index (χ3v) is 3.10. The Morgan fingerprint density at radius 1 is 1.53 bits per heavy atom. The van der Waals surface area contributed by atoms with E-state index in [0.29, 0.717) is 0 Å². The molecule has 1 fully saturated rings. The van der Waals surface area contributed by atoms with Crippen molar-refractivity contribution in [2.75, 3.05) is 0 Å². The van der Waals surface area contributed by atoms with Crippen molar-refractivity contribution in [1.29, 1.82) is 0 Å². The average Bonchev–Trinajstić information content (AvgIpc) is 2.42. The van der Waals surface area contributed by atoms with Crippen LogP contribution < -0.4 is 5.73 Å². The summed E-state index contributed by atoms with van der Waals surface area (Å²) in [4.78, 5) is 0. The van der Waals surface area contributed by atoms with Crippen molar-refractivity contribution >= 4 is 0 Å². The molecule has 0 unspecified atom stereocenters. The summed E-state index contributed by atoms with van der Waals surface area (Å²) in [6.07, 6.45) is 6.92. The van der Waals surface area contributed by atoms with Crippen LogP contribution in [0.5, 0.6) is 0 Å². The van der Waals surface area contributed by atoms with Crippen LogP contribution in [0, 0.1) is 5.92 Å². The SMILES string of the molecule is CC(C)(N)Cc1ccnn1CC1CCC1. The molecule has 84 valence electrons. The first-order chi connectivity index (χ1) is 7.04. The Morgan fingerprint density at radius 3 is 2.80 bits per heavy atom. The van der Waals surface area contributed by atoms with Gasteiger partial charge in [-0.25, -0.2) is 0 Å². The topological polar surface area (TPSA) is 43.8 Å². The highest BCUT2D eigenvalue weighted by Crippen LogP contribution is 2.28. The van der Waals surface area contributed by atoms with E-state index >= 15 is 0 Å². The van der Waals surface area contributed by atoms with Gasteiger partial charge in [-0.1, -0.05) is 6.42 Å². The third kappa shape index (κ3) is 2.81. The molecule has 1 aromatic rings. The zero-order chi connectivity index (χ0) is 10.9. The van der Waals surface area contributed by atoms with Crippen LogP contribution in [-0.4, -0.2) is 15.3 Å². The lowest BCUT2D eigenvalue weighted by molar-refractivity contribution is 0.261. The van der Waals surface area contributed by atoms with Gasteiger partial charge >= 0.3 is 0 Å². The van der Waals surface area contributed by atoms with Crippen LogP contribution in [0.4, 0.5) is 0 Å². The fourth-order valence-electron chi connectivity index (χ4n) is 2.06. The smallest absolute Gasteiger partial charge is 0.0492 e. The molecule has 1 saturated carbocycles. The van der Waals surface area contributed by atoms with E-state index in [9.17, 15) is 0 Å². The Kier molecular flexibility index (Phi) is 2.83. The van der Waals surface area contributed by atoms with Crippen LogP contribution in [0.2, 0.25) is 0 Å². The second kappa shape index (κ2) is 3.97. The largest absolute Gasteiger partial charge is 0.325 e. The number of rotatable bonds is 4. The molecule has 2 N–H and O–H groups in total. The highest BCUT2D eigenvalue weighted by atomic mass is 15.3. The molecule has 3 heteroatoms. The Hall–Kier alpha value is -0.830. The van der Waals surface area contributed by atoms with E-state index < -0.39 is 0 Å². The van der Waals surface area contributed by atoms with E-state index in [0.717, 1.165) is 18.9 Å². The van der Waals surface area contributed by atoms with Gasteiger partial charge in [-0.2, -0.15) is 5.10 Å². The van der Waals surface area contributed by atoms with Crippen LogP contribution in [0.1, 0.15) is 38.8 Å². The maximum absolute atomic E-state index is 6.03. The predicted molar refractivity (Wildman–Crippen MR) is 61.5 cm³/mol. The molecule has 0 amide bonds. The van der Waals surface area contributed by atoms with E-state index in [1.54, 1.807) is 0 Å². The van der Waals surface area contributed by atoms with Gasteiger partial charge in [0, 0.05) is 30.4 Å². The predicted octanol–water partition coefficient (Wildman–Crippen LogP) is 1.96. The summed E-state index contributed by atoms with van der Waals surface area (Å²) < 4.78 is 2.14. The Labute approximate surface area is 91.7 Å². The lowest BCUT2D eigenvalue weighted by Crippen LogP contribution is -2.35. The summed E-state index contributed by atoms with van der Waals surface area (Å²) >= 11 is 0. The van der Waals surface area contributed by atoms with E-state index in [1.165, 1.54) is 25.0 Å². The summed E-state index contributed by atoms with van der Waals surface area (Å²) in [5.41, 5.74) is 7.16. The zero-order valence-corrected chi connectivity index (χ0v) is 9.74. The van der Waals surface area contributed by atoms with Gasteiger partial charge in [-0.3, -0.25) is 4.68 Å². The van der Waals surface area contributed by atoms with Gasteiger partial charge in [0.1, 0.15) is 0 Å². The minimum Gasteiger partial charge on any atom is -0.325 e. The molecule has 1 aromatic heterocycles. The minimum atomic E-state index is -0.141. The maximum atomic E-state index is 6.03. The van der Waals surface area contributed by atoms with Crippen LogP contribution in [0.25, 0.3) is 0 Å². The number of hydrogen-bond acceptors (Lipinski definition) is 2. The molecule has 1 heterocycles. The molecule has 1 aliphatic rings. The maximum Gasteiger partial charge on any atom is 0.0492 e. The summed E-state index contributed by atoms with van der Waals surface area (Å²) in [5.74, 6) is 0.851. The normalized spacial score (nSPS) is 17.8. The van der Waals surface area contributed by atoms with Crippen molar-refractivity contribution in [2.24, 2.45) is 11.7 Å². The molecule has 2 rings (SSSR count). The fraction of sp³-hybridized carbons (Fsp3) is 0.750. The van der Waals surface area contributed by atoms with Crippen LogP contribution >= 0.6 is 0 Å². The van der Waals surface area contributed by atoms with Crippen LogP contribution in [0.3, 0.4) is 0 Å². The molecule has 0 saturated heterocycles. The average molecular weight is 207 g/mol. The van der Waals surface area contributed by atoms with Crippen molar-refractivity contribution in [3.8, 4) is 0 Å². The van der Waals surface area contributed by atoms with Crippen molar-refractivity contribution < 1.29 is 0 Å². The van der Waals surface area contributed by atoms with E-state index in [-0.39, 0.29) is 5.54 Å². The van der Waals surface area contributed by atoms with Crippen molar-refractivity contribution in [1.82, 2.24) is 9.78 Å². The highest BCUT2D eigenvalue weighted by molar-refractivity contribution is 5.05. The quantitative estimate of drug-likeness (QED) is 0.820. The fourth-order valence-corrected chi connectivity index (χ4v) is 2.06. The molecule has 3 nitrogen and oxygen atoms in total. The first-order valence-electron chi connectivity index (χ1n) is 5.84. The van der Waals surface area contributed by atoms with Gasteiger partial charge in [0.05, 0.1) is 0 Å². The summed E-state index contributed by atoms with van der Waals surface area (Å²) in [5, 5.41) is 4.38. The molecular weight excluding hydrogens is 186 g/mol. The van der Waals surface area contributed by atoms with E-state index in [4.69, 9.17) is 5.73 Å². The first-order valence-corrected chi connectivity index (χ1v) is 5.84. The molecule has 0 aromatic carbocycles. The number of hydrogen-bond donors (Lipinski definition) is 1. The van der Waals surface area contributed by atoms with Gasteiger partial charge in [0.15, 0.2) is 0 Å². The molecule has 15 heavy (non-hydrogen) atoms. The lowest BCUT2D eigenvalue weighted by atomic mass is 9.85. The third-order valence-electron chi connectivity index (χ3n) is 3.10. The lowest BCUT2D eigenvalue weighted by Gasteiger charge is -2.27. The van der Waals surface area contributed by atoms with Crippen LogP contribution in [-0.2, 0) is 13.0 Å². The van der Waals surface area contributed by atoms with Gasteiger partial charge in [-0.05, 0) is 38.7 Å². The standard InChI is InChI=1S/C12H21N3/c1-12(2,13)8-11-6-7-14-15(11)9-10-4-3-5-10/h6-7,10H,3-5,8-9,13H2,1-2H3. The van der Waals surface area contributed by atoms with Gasteiger partial charge < -0.3 is 5.73 Å². The molecular formula is C12H21N3. The zero-order valence-electron chi connectivity index (χ0n) is 9.74. The second-order valence-corrected chi connectivity index (χ2v) is 5.47. The van der Waals surface area contributed by atoms with Crippen molar-refractivity contribution in [3.05, 3.63) is 18.0 Å². The van der Waals surface area contributed by atoms with Gasteiger partial charge in [0.25, 0.3) is 0 Å². The number of nitrogens with two attached hydrogens (primary N) is 1. The molecule has 1 aliphatic carbocycles. The summed E-state index contributed by atoms with van der Waals surface area (Å²) in [6.45, 7) is 5.21. The van der Waals surface area contributed by atoms with Crippen molar-refractivity contribution in [3.63, 3.8) is 0 Å². The minimum absolute atomic E-state index is 0.141. The van der Waals surface area contributed by atoms with Gasteiger partial charge in [-0.15, -0.1) is 0 Å². The molecule has 0 radical (unpaired) electrons. The second-order valence-electron chi connectivity index (χ2n) is 5.47. The first kappa shape index (κ1) is 10.7. The van der Waals surface area contributed by atoms with E-state index in [2.05, 4.69) is 29.7 Å². The Morgan fingerprint density at radius 2 is 2.27 bits per heavy atom. The number of nitrogens with zero attached hydrogens (tertiary/aromatic N) is 2. The monoisotopic (exact) mass is 207 g/mol. The van der Waals surface area contributed by atoms with Crippen molar-refractivity contribution in [2.45, 2.75) is 51.6 Å². The molecule has 0 spiro atoms. The Bertz CT molecular complexity index is 318. The number of aromatic nitrogens is 2. The van der Waals surface area contributed by atoms with Gasteiger partial charge in [0.2, 0.25) is 0 Å². The summed E-state index contributed by atoms with van der Waals surface area (Å²) in [6, 6.07) is 2.09. The molecule has 0 aliphatic heterocycles. The Balaban J connectivity index is 2.01. The van der Waals surface area contributed by atoms with E-state index in [1.807, 2.05) is 6.20 Å². The van der Waals surface area contributed by atoms with Crippen LogP contribution in [0.15, 0.2) is 12.3 Å². The highest BCUT2D eigenvalue weighted by Gasteiger charge is 2.20. The molecule has 0 bridgehead atoms. The molecule has 0 atom stereocenters.